The van der Waals surface area contributed by atoms with Crippen LogP contribution in [0.25, 0.3) is 38.4 Å². The van der Waals surface area contributed by atoms with Gasteiger partial charge in [-0.25, -0.2) is 0 Å². The largest absolute Gasteiger partial charge is 0.0984 e. The Bertz CT molecular complexity index is 961. The molecule has 0 heterocycles. The fourth-order valence-corrected chi connectivity index (χ4v) is 3.06. The van der Waals surface area contributed by atoms with Crippen molar-refractivity contribution in [2.24, 2.45) is 0 Å². The quantitative estimate of drug-likeness (QED) is 0.377. The fraction of sp³-hybridized carbons (Fsp3) is 0. The number of hydrogen-bond donors (Lipinski definition) is 0. The zero-order valence-corrected chi connectivity index (χ0v) is 11.1. The van der Waals surface area contributed by atoms with Crippen molar-refractivity contribution in [3.63, 3.8) is 0 Å². The maximum absolute atomic E-state index is 3.91. The summed E-state index contributed by atoms with van der Waals surface area (Å²) < 4.78 is 0. The van der Waals surface area contributed by atoms with E-state index in [1.807, 2.05) is 6.08 Å². The zero-order chi connectivity index (χ0) is 13.5. The summed E-state index contributed by atoms with van der Waals surface area (Å²) in [5.74, 6) is 0. The summed E-state index contributed by atoms with van der Waals surface area (Å²) in [6.07, 6.45) is 1.93. The number of rotatable bonds is 1. The van der Waals surface area contributed by atoms with Crippen molar-refractivity contribution in [2.75, 3.05) is 0 Å². The second kappa shape index (κ2) is 4.21. The SMILES string of the molecule is C=Cc1cccc2c1ccc1c3ccccc3ccc21. The average molecular weight is 254 g/mol. The van der Waals surface area contributed by atoms with Crippen LogP contribution in [-0.4, -0.2) is 0 Å². The molecule has 4 aromatic carbocycles. The van der Waals surface area contributed by atoms with E-state index in [9.17, 15) is 0 Å². The first kappa shape index (κ1) is 11.2. The molecule has 0 fully saturated rings. The van der Waals surface area contributed by atoms with Crippen molar-refractivity contribution in [3.8, 4) is 0 Å². The minimum Gasteiger partial charge on any atom is -0.0984 e. The third-order valence-corrected chi connectivity index (χ3v) is 4.04. The van der Waals surface area contributed by atoms with Crippen LogP contribution in [0.3, 0.4) is 0 Å². The Hall–Kier alpha value is -2.60. The molecule has 94 valence electrons. The first-order valence-corrected chi connectivity index (χ1v) is 6.84. The molecular weight excluding hydrogens is 240 g/mol. The van der Waals surface area contributed by atoms with Gasteiger partial charge in [-0.3, -0.25) is 0 Å². The monoisotopic (exact) mass is 254 g/mol. The Labute approximate surface area is 118 Å². The van der Waals surface area contributed by atoms with Gasteiger partial charge in [0.1, 0.15) is 0 Å². The maximum atomic E-state index is 3.91. The maximum Gasteiger partial charge on any atom is -0.00987 e. The van der Waals surface area contributed by atoms with Crippen LogP contribution in [0, 0.1) is 0 Å². The molecule has 4 aromatic rings. The minimum atomic E-state index is 1.19. The molecule has 0 radical (unpaired) electrons. The molecule has 0 unspecified atom stereocenters. The van der Waals surface area contributed by atoms with Crippen LogP contribution >= 0.6 is 0 Å². The van der Waals surface area contributed by atoms with Crippen LogP contribution in [0.5, 0.6) is 0 Å². The summed E-state index contributed by atoms with van der Waals surface area (Å²) in [7, 11) is 0. The summed E-state index contributed by atoms with van der Waals surface area (Å²) in [4.78, 5) is 0. The molecule has 0 saturated carbocycles. The van der Waals surface area contributed by atoms with Gasteiger partial charge in [0.2, 0.25) is 0 Å². The van der Waals surface area contributed by atoms with Crippen LogP contribution in [-0.2, 0) is 0 Å². The van der Waals surface area contributed by atoms with E-state index in [1.165, 1.54) is 37.9 Å². The predicted molar refractivity (Wildman–Crippen MR) is 89.1 cm³/mol. The van der Waals surface area contributed by atoms with E-state index in [0.29, 0.717) is 0 Å². The number of benzene rings is 4. The molecule has 0 heteroatoms. The van der Waals surface area contributed by atoms with E-state index in [2.05, 4.69) is 73.3 Å². The molecule has 0 bridgehead atoms. The van der Waals surface area contributed by atoms with Gasteiger partial charge < -0.3 is 0 Å². The Balaban J connectivity index is 2.26. The lowest BCUT2D eigenvalue weighted by Crippen LogP contribution is -1.82. The van der Waals surface area contributed by atoms with Crippen molar-refractivity contribution in [1.29, 1.82) is 0 Å². The van der Waals surface area contributed by atoms with E-state index >= 15 is 0 Å². The molecule has 0 N–H and O–H groups in total. The second-order valence-electron chi connectivity index (χ2n) is 5.09. The first-order valence-electron chi connectivity index (χ1n) is 6.84. The van der Waals surface area contributed by atoms with Gasteiger partial charge in [-0.05, 0) is 37.9 Å². The molecule has 0 aliphatic carbocycles. The highest BCUT2D eigenvalue weighted by molar-refractivity contribution is 6.18. The second-order valence-corrected chi connectivity index (χ2v) is 5.09. The van der Waals surface area contributed by atoms with Gasteiger partial charge in [0.15, 0.2) is 0 Å². The van der Waals surface area contributed by atoms with E-state index in [4.69, 9.17) is 0 Å². The molecule has 0 spiro atoms. The molecule has 4 rings (SSSR count). The molecule has 0 amide bonds. The Kier molecular flexibility index (Phi) is 2.37. The van der Waals surface area contributed by atoms with Crippen LogP contribution in [0.2, 0.25) is 0 Å². The van der Waals surface area contributed by atoms with Crippen molar-refractivity contribution in [3.05, 3.63) is 78.9 Å². The van der Waals surface area contributed by atoms with E-state index in [-0.39, 0.29) is 0 Å². The topological polar surface area (TPSA) is 0 Å². The summed E-state index contributed by atoms with van der Waals surface area (Å²) in [5.41, 5.74) is 1.19. The highest BCUT2D eigenvalue weighted by Gasteiger charge is 2.05. The normalized spacial score (nSPS) is 11.2. The standard InChI is InChI=1S/C20H14/c1-2-14-7-5-9-18-17(14)12-13-19-16-8-4-3-6-15(16)10-11-20(18)19/h2-13H,1H2. The number of fused-ring (bicyclic) bond motifs is 5. The molecule has 20 heavy (non-hydrogen) atoms. The Morgan fingerprint density at radius 3 is 2.10 bits per heavy atom. The van der Waals surface area contributed by atoms with Gasteiger partial charge in [0.25, 0.3) is 0 Å². The van der Waals surface area contributed by atoms with Gasteiger partial charge in [0, 0.05) is 0 Å². The molecular formula is C20H14. The summed E-state index contributed by atoms with van der Waals surface area (Å²) in [6, 6.07) is 23.8. The van der Waals surface area contributed by atoms with Gasteiger partial charge in [-0.15, -0.1) is 0 Å². The highest BCUT2D eigenvalue weighted by Crippen LogP contribution is 2.32. The summed E-state index contributed by atoms with van der Waals surface area (Å²) in [5, 5.41) is 7.80. The highest BCUT2D eigenvalue weighted by atomic mass is 14.1. The molecule has 0 aromatic heterocycles. The van der Waals surface area contributed by atoms with Crippen molar-refractivity contribution < 1.29 is 0 Å². The average Bonchev–Trinajstić information content (AvgIpc) is 2.53. The fourth-order valence-electron chi connectivity index (χ4n) is 3.06. The van der Waals surface area contributed by atoms with Gasteiger partial charge in [-0.2, -0.15) is 0 Å². The lowest BCUT2D eigenvalue weighted by atomic mass is 9.95. The lowest BCUT2D eigenvalue weighted by Gasteiger charge is -2.09. The summed E-state index contributed by atoms with van der Waals surface area (Å²) in [6.45, 7) is 3.91. The zero-order valence-electron chi connectivity index (χ0n) is 11.1. The Morgan fingerprint density at radius 1 is 0.550 bits per heavy atom. The van der Waals surface area contributed by atoms with Crippen LogP contribution in [0.15, 0.2) is 73.3 Å². The smallest absolute Gasteiger partial charge is 0.00987 e. The molecule has 0 aliphatic heterocycles. The van der Waals surface area contributed by atoms with E-state index in [0.717, 1.165) is 0 Å². The minimum absolute atomic E-state index is 1.19. The van der Waals surface area contributed by atoms with Crippen molar-refractivity contribution in [2.45, 2.75) is 0 Å². The number of hydrogen-bond acceptors (Lipinski definition) is 0. The molecule has 0 atom stereocenters. The van der Waals surface area contributed by atoms with Crippen molar-refractivity contribution >= 4 is 38.4 Å². The van der Waals surface area contributed by atoms with Gasteiger partial charge >= 0.3 is 0 Å². The first-order chi connectivity index (χ1) is 9.88. The third-order valence-electron chi connectivity index (χ3n) is 4.04. The van der Waals surface area contributed by atoms with E-state index < -0.39 is 0 Å². The van der Waals surface area contributed by atoms with Crippen LogP contribution < -0.4 is 0 Å². The summed E-state index contributed by atoms with van der Waals surface area (Å²) >= 11 is 0. The molecule has 0 nitrogen and oxygen atoms in total. The molecule has 0 saturated heterocycles. The van der Waals surface area contributed by atoms with E-state index in [1.54, 1.807) is 0 Å². The lowest BCUT2D eigenvalue weighted by molar-refractivity contribution is 1.74. The van der Waals surface area contributed by atoms with Crippen molar-refractivity contribution in [1.82, 2.24) is 0 Å². The molecule has 0 aliphatic rings. The predicted octanol–water partition coefficient (Wildman–Crippen LogP) is 5.79. The Morgan fingerprint density at radius 2 is 1.20 bits per heavy atom. The van der Waals surface area contributed by atoms with Gasteiger partial charge in [-0.1, -0.05) is 79.4 Å². The van der Waals surface area contributed by atoms with Crippen LogP contribution in [0.4, 0.5) is 0 Å². The van der Waals surface area contributed by atoms with Crippen LogP contribution in [0.1, 0.15) is 5.56 Å². The van der Waals surface area contributed by atoms with Gasteiger partial charge in [0.05, 0.1) is 0 Å². The third kappa shape index (κ3) is 1.48.